The minimum Gasteiger partial charge on any atom is -0.322 e. The van der Waals surface area contributed by atoms with Crippen LogP contribution in [0.3, 0.4) is 0 Å². The van der Waals surface area contributed by atoms with Crippen LogP contribution in [-0.4, -0.2) is 20.2 Å². The summed E-state index contributed by atoms with van der Waals surface area (Å²) in [5.74, 6) is -0.743. The van der Waals surface area contributed by atoms with Crippen molar-refractivity contribution >= 4 is 38.9 Å². The van der Waals surface area contributed by atoms with Gasteiger partial charge in [0.1, 0.15) is 0 Å². The summed E-state index contributed by atoms with van der Waals surface area (Å²) in [6, 6.07) is 24.1. The van der Waals surface area contributed by atoms with Gasteiger partial charge < -0.3 is 10.6 Å². The highest BCUT2D eigenvalue weighted by Crippen LogP contribution is 2.25. The molecule has 7 nitrogen and oxygen atoms in total. The molecular formula is C33H35N3O4S. The van der Waals surface area contributed by atoms with Gasteiger partial charge in [-0.3, -0.25) is 14.3 Å². The number of amides is 2. The fourth-order valence-electron chi connectivity index (χ4n) is 4.25. The number of carbonyl (C=O) groups is 2. The van der Waals surface area contributed by atoms with Gasteiger partial charge in [-0.15, -0.1) is 0 Å². The summed E-state index contributed by atoms with van der Waals surface area (Å²) < 4.78 is 29.0. The lowest BCUT2D eigenvalue weighted by Crippen LogP contribution is -2.17. The first-order chi connectivity index (χ1) is 19.2. The van der Waals surface area contributed by atoms with Gasteiger partial charge in [0.15, 0.2) is 0 Å². The molecule has 4 rings (SSSR count). The van der Waals surface area contributed by atoms with Crippen LogP contribution in [0.1, 0.15) is 63.7 Å². The molecule has 0 aliphatic heterocycles. The van der Waals surface area contributed by atoms with Crippen LogP contribution in [0.2, 0.25) is 0 Å². The Hall–Kier alpha value is -4.43. The van der Waals surface area contributed by atoms with E-state index in [1.165, 1.54) is 6.07 Å². The maximum Gasteiger partial charge on any atom is 0.262 e. The molecule has 0 spiro atoms. The third-order valence-electron chi connectivity index (χ3n) is 6.89. The fraction of sp³-hybridized carbons (Fsp3) is 0.212. The molecule has 212 valence electrons. The van der Waals surface area contributed by atoms with Crippen LogP contribution in [0.15, 0.2) is 89.8 Å². The summed E-state index contributed by atoms with van der Waals surface area (Å²) in [6.45, 7) is 11.9. The van der Waals surface area contributed by atoms with Gasteiger partial charge in [0.25, 0.3) is 21.8 Å². The average Bonchev–Trinajstić information content (AvgIpc) is 2.90. The minimum atomic E-state index is -3.94. The molecule has 4 aromatic rings. The zero-order valence-corrected chi connectivity index (χ0v) is 24.9. The van der Waals surface area contributed by atoms with Crippen molar-refractivity contribution in [3.63, 3.8) is 0 Å². The molecule has 8 heteroatoms. The van der Waals surface area contributed by atoms with Crippen LogP contribution < -0.4 is 15.4 Å². The maximum absolute atomic E-state index is 13.2. The molecule has 0 aromatic heterocycles. The third kappa shape index (κ3) is 7.21. The Kier molecular flexibility index (Phi) is 8.35. The summed E-state index contributed by atoms with van der Waals surface area (Å²) >= 11 is 0. The van der Waals surface area contributed by atoms with Crippen molar-refractivity contribution in [1.82, 2.24) is 0 Å². The molecule has 4 aromatic carbocycles. The molecule has 0 atom stereocenters. The van der Waals surface area contributed by atoms with E-state index in [2.05, 4.69) is 36.1 Å². The standard InChI is InChI=1S/C33H35N3O4S/c1-21-11-17-29(18-23(21)3)36-41(39,40)30-19-25(12-10-22(30)2)32(38)35-28-9-7-8-27(20-28)34-31(37)24-13-15-26(16-14-24)33(4,5)6/h7-20,36H,1-6H3,(H,34,37)(H,35,38). The Morgan fingerprint density at radius 3 is 1.76 bits per heavy atom. The van der Waals surface area contributed by atoms with Crippen molar-refractivity contribution in [3.05, 3.63) is 118 Å². The number of carbonyl (C=O) groups excluding carboxylic acids is 2. The van der Waals surface area contributed by atoms with Gasteiger partial charge in [0.2, 0.25) is 0 Å². The van der Waals surface area contributed by atoms with E-state index in [1.54, 1.807) is 67.6 Å². The summed E-state index contributed by atoms with van der Waals surface area (Å²) in [7, 11) is -3.94. The monoisotopic (exact) mass is 569 g/mol. The van der Waals surface area contributed by atoms with Gasteiger partial charge in [-0.2, -0.15) is 0 Å². The molecule has 0 aliphatic carbocycles. The lowest BCUT2D eigenvalue weighted by atomic mass is 9.87. The highest BCUT2D eigenvalue weighted by molar-refractivity contribution is 7.92. The third-order valence-corrected chi connectivity index (χ3v) is 8.41. The number of sulfonamides is 1. The van der Waals surface area contributed by atoms with Crippen LogP contribution in [-0.2, 0) is 15.4 Å². The average molecular weight is 570 g/mol. The van der Waals surface area contributed by atoms with Gasteiger partial charge in [-0.1, -0.05) is 51.1 Å². The molecule has 2 amide bonds. The van der Waals surface area contributed by atoms with Gasteiger partial charge in [-0.05, 0) is 103 Å². The molecule has 0 fully saturated rings. The highest BCUT2D eigenvalue weighted by Gasteiger charge is 2.20. The number of anilines is 3. The molecule has 0 aliphatic rings. The van der Waals surface area contributed by atoms with E-state index in [9.17, 15) is 18.0 Å². The van der Waals surface area contributed by atoms with Crippen LogP contribution >= 0.6 is 0 Å². The molecule has 0 saturated carbocycles. The van der Waals surface area contributed by atoms with Crippen LogP contribution in [0.25, 0.3) is 0 Å². The van der Waals surface area contributed by atoms with Gasteiger partial charge in [-0.25, -0.2) is 8.42 Å². The normalized spacial score (nSPS) is 11.6. The second-order valence-electron chi connectivity index (χ2n) is 11.2. The number of benzene rings is 4. The van der Waals surface area contributed by atoms with Crippen molar-refractivity contribution in [2.75, 3.05) is 15.4 Å². The molecule has 0 saturated heterocycles. The second kappa shape index (κ2) is 11.6. The van der Waals surface area contributed by atoms with Crippen molar-refractivity contribution in [3.8, 4) is 0 Å². The lowest BCUT2D eigenvalue weighted by molar-refractivity contribution is 0.101. The van der Waals surface area contributed by atoms with E-state index in [4.69, 9.17) is 0 Å². The van der Waals surface area contributed by atoms with Gasteiger partial charge in [0, 0.05) is 28.2 Å². The number of hydrogen-bond acceptors (Lipinski definition) is 4. The highest BCUT2D eigenvalue weighted by atomic mass is 32.2. The summed E-state index contributed by atoms with van der Waals surface area (Å²) in [4.78, 5) is 25.9. The van der Waals surface area contributed by atoms with Crippen LogP contribution in [0.4, 0.5) is 17.1 Å². The van der Waals surface area contributed by atoms with Crippen molar-refractivity contribution in [2.24, 2.45) is 0 Å². The molecule has 0 radical (unpaired) electrons. The molecule has 0 bridgehead atoms. The predicted molar refractivity (Wildman–Crippen MR) is 165 cm³/mol. The van der Waals surface area contributed by atoms with Crippen molar-refractivity contribution in [2.45, 2.75) is 51.9 Å². The Balaban J connectivity index is 1.48. The number of hydrogen-bond donors (Lipinski definition) is 3. The zero-order chi connectivity index (χ0) is 29.9. The molecule has 0 unspecified atom stereocenters. The molecule has 41 heavy (non-hydrogen) atoms. The first-order valence-electron chi connectivity index (χ1n) is 13.3. The fourth-order valence-corrected chi connectivity index (χ4v) is 5.57. The lowest BCUT2D eigenvalue weighted by Gasteiger charge is -2.19. The van der Waals surface area contributed by atoms with E-state index in [1.807, 2.05) is 32.0 Å². The Morgan fingerprint density at radius 1 is 0.610 bits per heavy atom. The van der Waals surface area contributed by atoms with E-state index < -0.39 is 15.9 Å². The predicted octanol–water partition coefficient (Wildman–Crippen LogP) is 7.21. The van der Waals surface area contributed by atoms with Crippen molar-refractivity contribution in [1.29, 1.82) is 0 Å². The SMILES string of the molecule is Cc1ccc(NS(=O)(=O)c2cc(C(=O)Nc3cccc(NC(=O)c4ccc(C(C)(C)C)cc4)c3)ccc2C)cc1C. The number of nitrogens with one attached hydrogen (secondary N) is 3. The summed E-state index contributed by atoms with van der Waals surface area (Å²) in [5.41, 5.74) is 5.77. The first-order valence-corrected chi connectivity index (χ1v) is 14.8. The van der Waals surface area contributed by atoms with Gasteiger partial charge >= 0.3 is 0 Å². The summed E-state index contributed by atoms with van der Waals surface area (Å²) in [6.07, 6.45) is 0. The number of aryl methyl sites for hydroxylation is 3. The molecule has 3 N–H and O–H groups in total. The zero-order valence-electron chi connectivity index (χ0n) is 24.1. The molecular weight excluding hydrogens is 534 g/mol. The largest absolute Gasteiger partial charge is 0.322 e. The first kappa shape index (κ1) is 29.6. The van der Waals surface area contributed by atoms with E-state index >= 15 is 0 Å². The number of rotatable bonds is 7. The second-order valence-corrected chi connectivity index (χ2v) is 12.9. The summed E-state index contributed by atoms with van der Waals surface area (Å²) in [5, 5.41) is 5.65. The van der Waals surface area contributed by atoms with Crippen LogP contribution in [0.5, 0.6) is 0 Å². The maximum atomic E-state index is 13.2. The minimum absolute atomic E-state index is 0.0132. The smallest absolute Gasteiger partial charge is 0.262 e. The van der Waals surface area contributed by atoms with E-state index in [0.29, 0.717) is 28.2 Å². The quantitative estimate of drug-likeness (QED) is 0.219. The topological polar surface area (TPSA) is 104 Å². The molecule has 0 heterocycles. The van der Waals surface area contributed by atoms with E-state index in [0.717, 1.165) is 16.7 Å². The van der Waals surface area contributed by atoms with Crippen LogP contribution in [0, 0.1) is 20.8 Å². The van der Waals surface area contributed by atoms with E-state index in [-0.39, 0.29) is 21.8 Å². The Morgan fingerprint density at radius 2 is 1.17 bits per heavy atom. The Bertz CT molecular complexity index is 1720. The van der Waals surface area contributed by atoms with Crippen molar-refractivity contribution < 1.29 is 18.0 Å². The Labute approximate surface area is 242 Å². The van der Waals surface area contributed by atoms with Gasteiger partial charge in [0.05, 0.1) is 4.90 Å².